The van der Waals surface area contributed by atoms with Gasteiger partial charge in [0.05, 0.1) is 0 Å². The molecule has 0 unspecified atom stereocenters. The average Bonchev–Trinajstić information content (AvgIpc) is 3.12. The number of fused-ring (bicyclic) bond motifs is 3. The van der Waals surface area contributed by atoms with Crippen LogP contribution in [0.5, 0.6) is 0 Å². The molecule has 3 aliphatic carbocycles. The molecule has 4 heteroatoms. The lowest BCUT2D eigenvalue weighted by Gasteiger charge is -2.66. The first-order valence-electron chi connectivity index (χ1n) is 9.31. The number of rotatable bonds is 1. The SMILES string of the molecule is O=CN1c2ccccc2[C@@]23CCN4CCC[C@]5(CC[C@]12C(=O)C5)[C@H]43. The zero-order chi connectivity index (χ0) is 16.2. The number of Topliss-reactive ketones (excluding diaryl/α,β-unsaturated/α-hetero) is 1. The third-order valence-corrected chi connectivity index (χ3v) is 8.18. The van der Waals surface area contributed by atoms with Gasteiger partial charge in [0.2, 0.25) is 6.41 Å². The molecule has 3 heterocycles. The maximum atomic E-state index is 13.5. The van der Waals surface area contributed by atoms with Crippen LogP contribution in [-0.2, 0) is 15.0 Å². The van der Waals surface area contributed by atoms with Crippen molar-refractivity contribution in [2.75, 3.05) is 18.0 Å². The van der Waals surface area contributed by atoms with Gasteiger partial charge in [-0.25, -0.2) is 0 Å². The van der Waals surface area contributed by atoms with Gasteiger partial charge in [-0.1, -0.05) is 18.2 Å². The second kappa shape index (κ2) is 3.93. The summed E-state index contributed by atoms with van der Waals surface area (Å²) in [6.45, 7) is 2.23. The number of carbonyl (C=O) groups excluding carboxylic acids is 2. The Labute approximate surface area is 141 Å². The van der Waals surface area contributed by atoms with Gasteiger partial charge in [0.15, 0.2) is 5.78 Å². The van der Waals surface area contributed by atoms with E-state index in [4.69, 9.17) is 0 Å². The molecule has 3 spiro atoms. The monoisotopic (exact) mass is 322 g/mol. The van der Waals surface area contributed by atoms with Crippen molar-refractivity contribution in [2.24, 2.45) is 5.41 Å². The first kappa shape index (κ1) is 13.6. The molecule has 6 aliphatic rings. The van der Waals surface area contributed by atoms with Crippen molar-refractivity contribution in [2.45, 2.75) is 55.5 Å². The van der Waals surface area contributed by atoms with Crippen molar-refractivity contribution in [3.05, 3.63) is 29.8 Å². The topological polar surface area (TPSA) is 40.6 Å². The Bertz CT molecular complexity index is 792. The fourth-order valence-electron chi connectivity index (χ4n) is 7.68. The maximum absolute atomic E-state index is 13.5. The van der Waals surface area contributed by atoms with E-state index in [1.54, 1.807) is 0 Å². The molecule has 24 heavy (non-hydrogen) atoms. The van der Waals surface area contributed by atoms with E-state index in [0.717, 1.165) is 44.4 Å². The van der Waals surface area contributed by atoms with Gasteiger partial charge in [0.1, 0.15) is 5.54 Å². The summed E-state index contributed by atoms with van der Waals surface area (Å²) in [5, 5.41) is 0. The van der Waals surface area contributed by atoms with Crippen LogP contribution in [0.1, 0.15) is 44.1 Å². The van der Waals surface area contributed by atoms with E-state index >= 15 is 0 Å². The number of carbonyl (C=O) groups is 2. The Morgan fingerprint density at radius 3 is 2.79 bits per heavy atom. The van der Waals surface area contributed by atoms with Gasteiger partial charge in [0, 0.05) is 23.6 Å². The summed E-state index contributed by atoms with van der Waals surface area (Å²) in [5.74, 6) is 0.331. The van der Waals surface area contributed by atoms with E-state index < -0.39 is 5.54 Å². The Morgan fingerprint density at radius 2 is 1.96 bits per heavy atom. The standard InChI is InChI=1S/C20H22N2O2/c23-13-22-15-5-2-1-4-14(15)19-9-11-21-10-3-6-18(17(19)21)7-8-20(19,22)16(24)12-18/h1-2,4-5,13,17H,3,6-12H2/t17-,18+,19+,20+/m0/s1. The molecule has 3 saturated carbocycles. The summed E-state index contributed by atoms with van der Waals surface area (Å²) < 4.78 is 0. The summed E-state index contributed by atoms with van der Waals surface area (Å²) >= 11 is 0. The van der Waals surface area contributed by atoms with Crippen LogP contribution in [0.15, 0.2) is 24.3 Å². The number of amides is 1. The second-order valence-corrected chi connectivity index (χ2v) is 8.58. The van der Waals surface area contributed by atoms with Gasteiger partial charge < -0.3 is 4.90 Å². The summed E-state index contributed by atoms with van der Waals surface area (Å²) in [6, 6.07) is 8.77. The Hall–Kier alpha value is -1.68. The van der Waals surface area contributed by atoms with E-state index in [0.29, 0.717) is 18.2 Å². The Kier molecular flexibility index (Phi) is 2.23. The number of piperidine rings is 1. The molecule has 1 amide bonds. The van der Waals surface area contributed by atoms with Crippen molar-refractivity contribution in [3.8, 4) is 0 Å². The molecule has 0 radical (unpaired) electrons. The Morgan fingerprint density at radius 1 is 1.08 bits per heavy atom. The van der Waals surface area contributed by atoms with Crippen LogP contribution in [-0.4, -0.2) is 41.8 Å². The fraction of sp³-hybridized carbons (Fsp3) is 0.600. The summed E-state index contributed by atoms with van der Waals surface area (Å²) in [4.78, 5) is 30.2. The molecule has 3 aliphatic heterocycles. The number of nitrogens with zero attached hydrogens (tertiary/aromatic N) is 2. The first-order valence-corrected chi connectivity index (χ1v) is 9.31. The third kappa shape index (κ3) is 1.09. The first-order chi connectivity index (χ1) is 11.7. The molecular formula is C20H22N2O2. The van der Waals surface area contributed by atoms with Crippen LogP contribution in [0.3, 0.4) is 0 Å². The van der Waals surface area contributed by atoms with Gasteiger partial charge in [-0.15, -0.1) is 0 Å². The summed E-state index contributed by atoms with van der Waals surface area (Å²) in [5.41, 5.74) is 1.63. The number of hydrogen-bond acceptors (Lipinski definition) is 3. The van der Waals surface area contributed by atoms with Crippen LogP contribution in [0.2, 0.25) is 0 Å². The molecule has 2 bridgehead atoms. The molecule has 4 nitrogen and oxygen atoms in total. The van der Waals surface area contributed by atoms with Crippen molar-refractivity contribution >= 4 is 17.9 Å². The Balaban J connectivity index is 1.72. The largest absolute Gasteiger partial charge is 0.300 e. The van der Waals surface area contributed by atoms with Crippen LogP contribution < -0.4 is 4.90 Å². The van der Waals surface area contributed by atoms with Gasteiger partial charge >= 0.3 is 0 Å². The second-order valence-electron chi connectivity index (χ2n) is 8.58. The third-order valence-electron chi connectivity index (χ3n) is 8.18. The van der Waals surface area contributed by atoms with Gasteiger partial charge in [-0.05, 0) is 62.2 Å². The maximum Gasteiger partial charge on any atom is 0.215 e. The number of para-hydroxylation sites is 1. The normalized spacial score (nSPS) is 45.1. The molecule has 0 N–H and O–H groups in total. The van der Waals surface area contributed by atoms with E-state index in [2.05, 4.69) is 17.0 Å². The summed E-state index contributed by atoms with van der Waals surface area (Å²) in [7, 11) is 0. The van der Waals surface area contributed by atoms with Gasteiger partial charge in [0.25, 0.3) is 0 Å². The van der Waals surface area contributed by atoms with Gasteiger partial charge in [-0.2, -0.15) is 0 Å². The lowest BCUT2D eigenvalue weighted by atomic mass is 9.41. The van der Waals surface area contributed by atoms with E-state index in [9.17, 15) is 9.59 Å². The van der Waals surface area contributed by atoms with Crippen LogP contribution in [0, 0.1) is 5.41 Å². The van der Waals surface area contributed by atoms with Crippen molar-refractivity contribution < 1.29 is 9.59 Å². The van der Waals surface area contributed by atoms with Crippen LogP contribution in [0.4, 0.5) is 5.69 Å². The molecule has 1 aromatic carbocycles. The molecule has 4 atom stereocenters. The number of benzene rings is 1. The molecular weight excluding hydrogens is 300 g/mol. The quantitative estimate of drug-likeness (QED) is 0.745. The number of hydrogen-bond donors (Lipinski definition) is 0. The number of anilines is 1. The number of ketones is 1. The molecule has 1 aromatic rings. The highest BCUT2D eigenvalue weighted by molar-refractivity contribution is 6.05. The zero-order valence-corrected chi connectivity index (χ0v) is 13.8. The highest BCUT2D eigenvalue weighted by Crippen LogP contribution is 2.72. The molecule has 2 saturated heterocycles. The average molecular weight is 322 g/mol. The van der Waals surface area contributed by atoms with E-state index in [-0.39, 0.29) is 10.8 Å². The molecule has 7 rings (SSSR count). The smallest absolute Gasteiger partial charge is 0.215 e. The van der Waals surface area contributed by atoms with Crippen LogP contribution in [0.25, 0.3) is 0 Å². The van der Waals surface area contributed by atoms with E-state index in [1.165, 1.54) is 18.4 Å². The zero-order valence-electron chi connectivity index (χ0n) is 13.8. The van der Waals surface area contributed by atoms with Gasteiger partial charge in [-0.3, -0.25) is 14.5 Å². The highest BCUT2D eigenvalue weighted by Gasteiger charge is 2.80. The van der Waals surface area contributed by atoms with E-state index in [1.807, 2.05) is 17.0 Å². The predicted molar refractivity (Wildman–Crippen MR) is 89.9 cm³/mol. The molecule has 124 valence electrons. The summed E-state index contributed by atoms with van der Waals surface area (Å²) in [6.07, 6.45) is 6.98. The van der Waals surface area contributed by atoms with Crippen LogP contribution >= 0.6 is 0 Å². The van der Waals surface area contributed by atoms with Crippen molar-refractivity contribution in [1.29, 1.82) is 0 Å². The molecule has 5 fully saturated rings. The van der Waals surface area contributed by atoms with Crippen molar-refractivity contribution in [1.82, 2.24) is 4.90 Å². The highest BCUT2D eigenvalue weighted by atomic mass is 16.2. The van der Waals surface area contributed by atoms with Crippen molar-refractivity contribution in [3.63, 3.8) is 0 Å². The minimum absolute atomic E-state index is 0.152. The lowest BCUT2D eigenvalue weighted by Crippen LogP contribution is -2.78. The fourth-order valence-corrected chi connectivity index (χ4v) is 7.68. The lowest BCUT2D eigenvalue weighted by molar-refractivity contribution is -0.156. The molecule has 0 aromatic heterocycles. The predicted octanol–water partition coefficient (Wildman–Crippen LogP) is 2.26. The minimum Gasteiger partial charge on any atom is -0.300 e. The minimum atomic E-state index is -0.614.